The summed E-state index contributed by atoms with van der Waals surface area (Å²) in [6.45, 7) is 4.93. The van der Waals surface area contributed by atoms with Crippen molar-refractivity contribution in [3.63, 3.8) is 0 Å². The molecule has 130 valence electrons. The largest absolute Gasteiger partial charge is 0.341 e. The Labute approximate surface area is 154 Å². The van der Waals surface area contributed by atoms with Gasteiger partial charge in [-0.05, 0) is 24.0 Å². The minimum atomic E-state index is 0. The number of carbonyl (C=O) groups excluding carboxylic acids is 1. The Hall–Kier alpha value is -1.56. The summed E-state index contributed by atoms with van der Waals surface area (Å²) >= 11 is 0. The Balaban J connectivity index is 0.00000104. The van der Waals surface area contributed by atoms with Gasteiger partial charge in [0.15, 0.2) is 0 Å². The Bertz CT molecular complexity index is 692. The Kier molecular flexibility index (Phi) is 5.91. The fraction of sp³-hybridized carbons (Fsp3) is 0.412. The van der Waals surface area contributed by atoms with E-state index in [-0.39, 0.29) is 36.8 Å². The molecule has 2 saturated heterocycles. The molecule has 4 rings (SSSR count). The smallest absolute Gasteiger partial charge is 0.272 e. The quantitative estimate of drug-likeness (QED) is 0.856. The van der Waals surface area contributed by atoms with E-state index in [0.717, 1.165) is 19.6 Å². The van der Waals surface area contributed by atoms with Crippen molar-refractivity contribution >= 4 is 30.7 Å². The maximum Gasteiger partial charge on any atom is 0.272 e. The van der Waals surface area contributed by atoms with Gasteiger partial charge in [0.05, 0.1) is 18.6 Å². The molecule has 0 saturated carbocycles. The van der Waals surface area contributed by atoms with Gasteiger partial charge < -0.3 is 15.2 Å². The number of likely N-dealkylation sites (tertiary alicyclic amines) is 1. The Morgan fingerprint density at radius 3 is 2.75 bits per heavy atom. The summed E-state index contributed by atoms with van der Waals surface area (Å²) in [4.78, 5) is 21.8. The first-order valence-electron chi connectivity index (χ1n) is 7.81. The summed E-state index contributed by atoms with van der Waals surface area (Å²) in [6.07, 6.45) is 3.18. The number of H-pyrrole nitrogens is 1. The Morgan fingerprint density at radius 2 is 2.04 bits per heavy atom. The van der Waals surface area contributed by atoms with Gasteiger partial charge in [0.1, 0.15) is 5.69 Å². The number of halogens is 2. The van der Waals surface area contributed by atoms with Gasteiger partial charge in [0.2, 0.25) is 0 Å². The molecule has 0 bridgehead atoms. The molecule has 2 aliphatic heterocycles. The molecule has 7 heteroatoms. The van der Waals surface area contributed by atoms with Crippen LogP contribution in [0.2, 0.25) is 0 Å². The number of fused-ring (bicyclic) bond motifs is 1. The van der Waals surface area contributed by atoms with Gasteiger partial charge in [-0.3, -0.25) is 4.79 Å². The summed E-state index contributed by atoms with van der Waals surface area (Å²) < 4.78 is 0. The zero-order chi connectivity index (χ0) is 15.1. The predicted molar refractivity (Wildman–Crippen MR) is 97.9 cm³/mol. The van der Waals surface area contributed by atoms with Crippen LogP contribution in [0, 0.1) is 18.8 Å². The maximum absolute atomic E-state index is 12.9. The molecule has 0 aliphatic carbocycles. The molecule has 5 nitrogen and oxygen atoms in total. The number of aromatic nitrogens is 2. The topological polar surface area (TPSA) is 61.0 Å². The minimum Gasteiger partial charge on any atom is -0.341 e. The number of nitrogens with zero attached hydrogens (tertiary/aromatic N) is 2. The molecule has 0 radical (unpaired) electrons. The normalized spacial score (nSPS) is 24.9. The lowest BCUT2D eigenvalue weighted by molar-refractivity contribution is 0.0708. The fourth-order valence-electron chi connectivity index (χ4n) is 3.97. The number of nitrogens with one attached hydrogen (secondary N) is 2. The summed E-state index contributed by atoms with van der Waals surface area (Å²) in [7, 11) is 0. The standard InChI is InChI=1S/C17H20N4O.2ClH/c1-11-4-2-3-5-13(11)16-14-7-18-6-12(14)9-21(16)17(22)15-8-19-10-20-15;;/h2-5,8,10,12,14,16,18H,6-7,9H2,1H3,(H,19,20);2*1H/t12-,14-,16+;;/m0../s1. The first-order chi connectivity index (χ1) is 10.8. The van der Waals surface area contributed by atoms with Crippen LogP contribution in [0.5, 0.6) is 0 Å². The van der Waals surface area contributed by atoms with Crippen LogP contribution >= 0.6 is 24.8 Å². The molecule has 2 aliphatic rings. The van der Waals surface area contributed by atoms with E-state index < -0.39 is 0 Å². The lowest BCUT2D eigenvalue weighted by Gasteiger charge is -2.29. The van der Waals surface area contributed by atoms with E-state index in [0.29, 0.717) is 17.5 Å². The summed E-state index contributed by atoms with van der Waals surface area (Å²) in [5.41, 5.74) is 3.10. The van der Waals surface area contributed by atoms with Crippen LogP contribution < -0.4 is 5.32 Å². The molecule has 24 heavy (non-hydrogen) atoms. The number of imidazole rings is 1. The van der Waals surface area contributed by atoms with Crippen LogP contribution in [0.25, 0.3) is 0 Å². The predicted octanol–water partition coefficient (Wildman–Crippen LogP) is 2.59. The van der Waals surface area contributed by atoms with E-state index in [1.807, 2.05) is 4.90 Å². The van der Waals surface area contributed by atoms with Gasteiger partial charge in [-0.2, -0.15) is 0 Å². The molecular formula is C17H22Cl2N4O. The highest BCUT2D eigenvalue weighted by atomic mass is 35.5. The molecule has 3 heterocycles. The van der Waals surface area contributed by atoms with Crippen LogP contribution in [0.1, 0.15) is 27.7 Å². The van der Waals surface area contributed by atoms with E-state index in [1.165, 1.54) is 11.1 Å². The van der Waals surface area contributed by atoms with Crippen molar-refractivity contribution in [2.75, 3.05) is 19.6 Å². The molecule has 2 N–H and O–H groups in total. The molecular weight excluding hydrogens is 347 g/mol. The average molecular weight is 369 g/mol. The lowest BCUT2D eigenvalue weighted by atomic mass is 9.87. The molecule has 1 aromatic carbocycles. The van der Waals surface area contributed by atoms with E-state index >= 15 is 0 Å². The first-order valence-corrected chi connectivity index (χ1v) is 7.81. The van der Waals surface area contributed by atoms with Crippen LogP contribution in [0.15, 0.2) is 36.8 Å². The van der Waals surface area contributed by atoms with Crippen molar-refractivity contribution in [2.45, 2.75) is 13.0 Å². The maximum atomic E-state index is 12.9. The van der Waals surface area contributed by atoms with E-state index in [2.05, 4.69) is 46.5 Å². The zero-order valence-corrected chi connectivity index (χ0v) is 15.1. The molecule has 2 fully saturated rings. The van der Waals surface area contributed by atoms with Crippen molar-refractivity contribution < 1.29 is 4.79 Å². The van der Waals surface area contributed by atoms with Crippen molar-refractivity contribution in [1.82, 2.24) is 20.2 Å². The summed E-state index contributed by atoms with van der Waals surface area (Å²) in [6, 6.07) is 8.56. The molecule has 1 aromatic heterocycles. The summed E-state index contributed by atoms with van der Waals surface area (Å²) in [5, 5.41) is 3.48. The van der Waals surface area contributed by atoms with Gasteiger partial charge >= 0.3 is 0 Å². The van der Waals surface area contributed by atoms with Crippen molar-refractivity contribution in [1.29, 1.82) is 0 Å². The third-order valence-electron chi connectivity index (χ3n) is 5.06. The van der Waals surface area contributed by atoms with Crippen LogP contribution in [-0.2, 0) is 0 Å². The van der Waals surface area contributed by atoms with E-state index in [9.17, 15) is 4.79 Å². The van der Waals surface area contributed by atoms with Gasteiger partial charge in [0, 0.05) is 25.6 Å². The third kappa shape index (κ3) is 3.04. The monoisotopic (exact) mass is 368 g/mol. The van der Waals surface area contributed by atoms with Gasteiger partial charge in [-0.15, -0.1) is 24.8 Å². The fourth-order valence-corrected chi connectivity index (χ4v) is 3.97. The van der Waals surface area contributed by atoms with Crippen LogP contribution in [-0.4, -0.2) is 40.4 Å². The molecule has 0 unspecified atom stereocenters. The van der Waals surface area contributed by atoms with Gasteiger partial charge in [-0.25, -0.2) is 4.98 Å². The van der Waals surface area contributed by atoms with Crippen molar-refractivity contribution in [2.24, 2.45) is 11.8 Å². The minimum absolute atomic E-state index is 0. The number of hydrogen-bond acceptors (Lipinski definition) is 3. The molecule has 3 atom stereocenters. The Morgan fingerprint density at radius 1 is 1.25 bits per heavy atom. The molecule has 2 aromatic rings. The number of carbonyl (C=O) groups is 1. The number of rotatable bonds is 2. The van der Waals surface area contributed by atoms with Crippen molar-refractivity contribution in [3.8, 4) is 0 Å². The number of amides is 1. The number of hydrogen-bond donors (Lipinski definition) is 2. The number of benzene rings is 1. The average Bonchev–Trinajstić information content (AvgIpc) is 3.24. The highest BCUT2D eigenvalue weighted by molar-refractivity contribution is 5.92. The lowest BCUT2D eigenvalue weighted by Crippen LogP contribution is -2.35. The zero-order valence-electron chi connectivity index (χ0n) is 13.4. The van der Waals surface area contributed by atoms with E-state index in [1.54, 1.807) is 12.5 Å². The van der Waals surface area contributed by atoms with Crippen LogP contribution in [0.3, 0.4) is 0 Å². The summed E-state index contributed by atoms with van der Waals surface area (Å²) in [5.74, 6) is 1.09. The first kappa shape index (κ1) is 18.8. The highest BCUT2D eigenvalue weighted by Gasteiger charge is 2.47. The second-order valence-corrected chi connectivity index (χ2v) is 6.31. The number of aryl methyl sites for hydroxylation is 1. The molecule has 0 spiro atoms. The van der Waals surface area contributed by atoms with E-state index in [4.69, 9.17) is 0 Å². The van der Waals surface area contributed by atoms with Crippen LogP contribution in [0.4, 0.5) is 0 Å². The second-order valence-electron chi connectivity index (χ2n) is 6.31. The highest BCUT2D eigenvalue weighted by Crippen LogP contribution is 2.43. The SMILES string of the molecule is Cc1ccccc1[C@@H]1[C@H]2CNC[C@H]2CN1C(=O)c1cnc[nH]1.Cl.Cl. The number of aromatic amines is 1. The molecule has 1 amide bonds. The van der Waals surface area contributed by atoms with Gasteiger partial charge in [-0.1, -0.05) is 24.3 Å². The third-order valence-corrected chi connectivity index (χ3v) is 5.06. The van der Waals surface area contributed by atoms with Gasteiger partial charge in [0.25, 0.3) is 5.91 Å². The second kappa shape index (κ2) is 7.55. The van der Waals surface area contributed by atoms with Crippen molar-refractivity contribution in [3.05, 3.63) is 53.6 Å².